The molecule has 2 heterocycles. The Kier molecular flexibility index (Phi) is 4.78. The van der Waals surface area contributed by atoms with Crippen molar-refractivity contribution in [2.45, 2.75) is 37.3 Å². The summed E-state index contributed by atoms with van der Waals surface area (Å²) in [5.74, 6) is 1.43. The van der Waals surface area contributed by atoms with Gasteiger partial charge in [-0.25, -0.2) is 9.97 Å². The van der Waals surface area contributed by atoms with Crippen LogP contribution in [-0.2, 0) is 16.8 Å². The monoisotopic (exact) mass is 385 g/mol. The number of carbonyl (C=O) groups is 1. The summed E-state index contributed by atoms with van der Waals surface area (Å²) in [6.45, 7) is 2.14. The third-order valence-electron chi connectivity index (χ3n) is 5.73. The van der Waals surface area contributed by atoms with Crippen molar-refractivity contribution in [1.29, 1.82) is 0 Å². The largest absolute Gasteiger partial charge is 0.384 e. The van der Waals surface area contributed by atoms with Crippen LogP contribution < -0.4 is 5.73 Å². The topological polar surface area (TPSA) is 75.4 Å². The minimum absolute atomic E-state index is 0.237. The molecule has 1 aliphatic heterocycles. The zero-order chi connectivity index (χ0) is 19.0. The van der Waals surface area contributed by atoms with Crippen LogP contribution in [0.3, 0.4) is 0 Å². The highest BCUT2D eigenvalue weighted by Gasteiger charge is 2.53. The van der Waals surface area contributed by atoms with E-state index in [9.17, 15) is 4.79 Å². The number of carbonyl (C=O) groups excluding carboxylic acids is 1. The van der Waals surface area contributed by atoms with Crippen molar-refractivity contribution in [2.75, 3.05) is 25.9 Å². The highest BCUT2D eigenvalue weighted by molar-refractivity contribution is 6.30. The van der Waals surface area contributed by atoms with Crippen LogP contribution in [0.1, 0.15) is 30.7 Å². The number of halogens is 1. The van der Waals surface area contributed by atoms with E-state index in [0.29, 0.717) is 29.3 Å². The first-order valence-electron chi connectivity index (χ1n) is 9.31. The molecule has 6 nitrogen and oxygen atoms in total. The summed E-state index contributed by atoms with van der Waals surface area (Å²) in [5.41, 5.74) is 6.42. The van der Waals surface area contributed by atoms with E-state index in [4.69, 9.17) is 17.3 Å². The summed E-state index contributed by atoms with van der Waals surface area (Å²) >= 11 is 6.14. The number of anilines is 1. The van der Waals surface area contributed by atoms with Gasteiger partial charge in [0.1, 0.15) is 11.6 Å². The Morgan fingerprint density at radius 2 is 2.22 bits per heavy atom. The van der Waals surface area contributed by atoms with Crippen LogP contribution in [-0.4, -0.2) is 51.9 Å². The van der Waals surface area contributed by atoms with Crippen LogP contribution in [0.2, 0.25) is 5.02 Å². The number of benzene rings is 1. The second-order valence-corrected chi connectivity index (χ2v) is 8.04. The van der Waals surface area contributed by atoms with Gasteiger partial charge in [-0.1, -0.05) is 23.7 Å². The van der Waals surface area contributed by atoms with Crippen LogP contribution in [0, 0.1) is 0 Å². The molecule has 0 bridgehead atoms. The maximum atomic E-state index is 13.2. The molecule has 1 aliphatic carbocycles. The quantitative estimate of drug-likeness (QED) is 0.855. The lowest BCUT2D eigenvalue weighted by molar-refractivity contribution is -0.133. The SMILES string of the molecule is CN(Cc1nccc(N)n1)C1CCN(C(=O)C2(c3cccc(Cl)c3)CC2)C1. The fourth-order valence-electron chi connectivity index (χ4n) is 3.97. The minimum Gasteiger partial charge on any atom is -0.384 e. The van der Waals surface area contributed by atoms with Gasteiger partial charge in [0.05, 0.1) is 12.0 Å². The molecule has 1 saturated carbocycles. The molecule has 1 amide bonds. The molecule has 27 heavy (non-hydrogen) atoms. The molecule has 0 spiro atoms. The number of likely N-dealkylation sites (tertiary alicyclic amines) is 1. The Hall–Kier alpha value is -2.18. The molecular formula is C20H24ClN5O. The molecule has 2 N–H and O–H groups in total. The van der Waals surface area contributed by atoms with Gasteiger partial charge >= 0.3 is 0 Å². The lowest BCUT2D eigenvalue weighted by Gasteiger charge is -2.26. The van der Waals surface area contributed by atoms with Crippen LogP contribution >= 0.6 is 11.6 Å². The Bertz CT molecular complexity index is 854. The second-order valence-electron chi connectivity index (χ2n) is 7.60. The smallest absolute Gasteiger partial charge is 0.233 e. The highest BCUT2D eigenvalue weighted by Crippen LogP contribution is 2.50. The summed E-state index contributed by atoms with van der Waals surface area (Å²) in [6, 6.07) is 9.72. The Labute approximate surface area is 164 Å². The number of rotatable bonds is 5. The number of nitrogen functional groups attached to an aromatic ring is 1. The molecule has 1 saturated heterocycles. The molecule has 2 fully saturated rings. The fourth-order valence-corrected chi connectivity index (χ4v) is 4.16. The van der Waals surface area contributed by atoms with E-state index < -0.39 is 0 Å². The number of likely N-dealkylation sites (N-methyl/N-ethyl adjacent to an activating group) is 1. The Morgan fingerprint density at radius 1 is 1.41 bits per heavy atom. The van der Waals surface area contributed by atoms with Gasteiger partial charge in [-0.15, -0.1) is 0 Å². The maximum Gasteiger partial charge on any atom is 0.233 e. The molecule has 7 heteroatoms. The maximum absolute atomic E-state index is 13.2. The van der Waals surface area contributed by atoms with Crippen molar-refractivity contribution in [3.05, 3.63) is 52.9 Å². The number of hydrogen-bond acceptors (Lipinski definition) is 5. The van der Waals surface area contributed by atoms with Gasteiger partial charge in [-0.3, -0.25) is 9.69 Å². The molecule has 1 unspecified atom stereocenters. The van der Waals surface area contributed by atoms with Crippen LogP contribution in [0.25, 0.3) is 0 Å². The first-order chi connectivity index (χ1) is 13.0. The molecule has 1 aromatic heterocycles. The summed E-state index contributed by atoms with van der Waals surface area (Å²) in [5, 5.41) is 0.688. The van der Waals surface area contributed by atoms with E-state index in [-0.39, 0.29) is 11.3 Å². The standard InChI is InChI=1S/C20H24ClN5O/c1-25(13-18-23-9-5-17(22)24-18)16-6-10-26(12-16)19(27)20(7-8-20)14-3-2-4-15(21)11-14/h2-5,9,11,16H,6-8,10,12-13H2,1H3,(H2,22,23,24). The van der Waals surface area contributed by atoms with Crippen LogP contribution in [0.15, 0.2) is 36.5 Å². The predicted octanol–water partition coefficient (Wildman–Crippen LogP) is 2.48. The fraction of sp³-hybridized carbons (Fsp3) is 0.450. The lowest BCUT2D eigenvalue weighted by atomic mass is 9.94. The summed E-state index contributed by atoms with van der Waals surface area (Å²) in [4.78, 5) is 26.0. The van der Waals surface area contributed by atoms with Crippen molar-refractivity contribution in [3.8, 4) is 0 Å². The molecule has 0 radical (unpaired) electrons. The first-order valence-corrected chi connectivity index (χ1v) is 9.69. The van der Waals surface area contributed by atoms with Gasteiger partial charge in [0.2, 0.25) is 5.91 Å². The average molecular weight is 386 g/mol. The van der Waals surface area contributed by atoms with Gasteiger partial charge in [-0.2, -0.15) is 0 Å². The number of amides is 1. The van der Waals surface area contributed by atoms with Crippen molar-refractivity contribution >= 4 is 23.3 Å². The lowest BCUT2D eigenvalue weighted by Crippen LogP contribution is -2.40. The summed E-state index contributed by atoms with van der Waals surface area (Å²) in [7, 11) is 2.05. The van der Waals surface area contributed by atoms with E-state index in [0.717, 1.165) is 37.9 Å². The van der Waals surface area contributed by atoms with E-state index in [2.05, 4.69) is 21.9 Å². The molecule has 2 aromatic rings. The van der Waals surface area contributed by atoms with Gasteiger partial charge in [0, 0.05) is 30.4 Å². The number of nitrogens with zero attached hydrogens (tertiary/aromatic N) is 4. The van der Waals surface area contributed by atoms with Crippen LogP contribution in [0.5, 0.6) is 0 Å². The molecule has 2 aliphatic rings. The zero-order valence-electron chi connectivity index (χ0n) is 15.4. The highest BCUT2D eigenvalue weighted by atomic mass is 35.5. The summed E-state index contributed by atoms with van der Waals surface area (Å²) in [6.07, 6.45) is 4.44. The molecular weight excluding hydrogens is 362 g/mol. The number of nitrogens with two attached hydrogens (primary N) is 1. The van der Waals surface area contributed by atoms with Gasteiger partial charge in [0.25, 0.3) is 0 Å². The Morgan fingerprint density at radius 3 is 2.93 bits per heavy atom. The normalized spacial score (nSPS) is 20.9. The number of aromatic nitrogens is 2. The first kappa shape index (κ1) is 18.2. The van der Waals surface area contributed by atoms with Gasteiger partial charge in [-0.05, 0) is 50.1 Å². The van der Waals surface area contributed by atoms with E-state index in [1.54, 1.807) is 12.3 Å². The second kappa shape index (κ2) is 7.09. The van der Waals surface area contributed by atoms with Crippen molar-refractivity contribution in [1.82, 2.24) is 19.8 Å². The third-order valence-corrected chi connectivity index (χ3v) is 5.96. The third kappa shape index (κ3) is 3.64. The average Bonchev–Trinajstić information content (AvgIpc) is 3.31. The van der Waals surface area contributed by atoms with E-state index in [1.165, 1.54) is 0 Å². The molecule has 1 aromatic carbocycles. The van der Waals surface area contributed by atoms with Gasteiger partial charge < -0.3 is 10.6 Å². The Balaban J connectivity index is 1.41. The zero-order valence-corrected chi connectivity index (χ0v) is 16.2. The minimum atomic E-state index is -0.366. The van der Waals surface area contributed by atoms with Gasteiger partial charge in [0.15, 0.2) is 0 Å². The van der Waals surface area contributed by atoms with Crippen molar-refractivity contribution in [3.63, 3.8) is 0 Å². The molecule has 4 rings (SSSR count). The van der Waals surface area contributed by atoms with Crippen LogP contribution in [0.4, 0.5) is 5.82 Å². The summed E-state index contributed by atoms with van der Waals surface area (Å²) < 4.78 is 0. The van der Waals surface area contributed by atoms with Crippen molar-refractivity contribution < 1.29 is 4.79 Å². The van der Waals surface area contributed by atoms with Crippen molar-refractivity contribution in [2.24, 2.45) is 0 Å². The predicted molar refractivity (Wildman–Crippen MR) is 105 cm³/mol. The van der Waals surface area contributed by atoms with E-state index >= 15 is 0 Å². The number of hydrogen-bond donors (Lipinski definition) is 1. The molecule has 142 valence electrons. The van der Waals surface area contributed by atoms with E-state index in [1.807, 2.05) is 29.2 Å². The molecule has 1 atom stereocenters.